The highest BCUT2D eigenvalue weighted by molar-refractivity contribution is 6.02. The Balaban J connectivity index is 1.22. The number of carbonyl (C=O) groups is 2. The lowest BCUT2D eigenvalue weighted by molar-refractivity contribution is -0.119. The normalized spacial score (nSPS) is 18.7. The molecule has 162 valence electrons. The summed E-state index contributed by atoms with van der Waals surface area (Å²) in [6.07, 6.45) is 5.26. The van der Waals surface area contributed by atoms with Gasteiger partial charge < -0.3 is 15.1 Å². The maximum absolute atomic E-state index is 12.9. The van der Waals surface area contributed by atoms with Gasteiger partial charge in [-0.25, -0.2) is 0 Å². The number of fused-ring (bicyclic) bond motifs is 1. The van der Waals surface area contributed by atoms with Crippen molar-refractivity contribution in [3.8, 4) is 0 Å². The van der Waals surface area contributed by atoms with E-state index in [1.54, 1.807) is 0 Å². The smallest absolute Gasteiger partial charge is 0.251 e. The second kappa shape index (κ2) is 8.37. The van der Waals surface area contributed by atoms with Gasteiger partial charge in [-0.1, -0.05) is 25.1 Å². The number of carbonyl (C=O) groups excluding carboxylic acids is 2. The van der Waals surface area contributed by atoms with E-state index >= 15 is 0 Å². The molecule has 2 amide bonds. The summed E-state index contributed by atoms with van der Waals surface area (Å²) in [5, 5.41) is 3.07. The molecule has 0 radical (unpaired) electrons. The van der Waals surface area contributed by atoms with Crippen LogP contribution in [0.25, 0.3) is 0 Å². The lowest BCUT2D eigenvalue weighted by Gasteiger charge is -2.32. The number of anilines is 2. The van der Waals surface area contributed by atoms with Gasteiger partial charge >= 0.3 is 0 Å². The van der Waals surface area contributed by atoms with Crippen LogP contribution in [0.3, 0.4) is 0 Å². The third-order valence-corrected chi connectivity index (χ3v) is 7.00. The van der Waals surface area contributed by atoms with Crippen LogP contribution >= 0.6 is 0 Å². The standard InChI is InChI=1S/C26H31N3O2/c1-18-11-14-28(15-12-18)21-9-5-19(6-10-21)17-27-25(30)23-3-2-4-24-22(23)13-16-29(24)26(31)20-7-8-20/h2-6,9-10,18,20H,7-8,11-17H2,1H3,(H,27,30). The van der Waals surface area contributed by atoms with Crippen LogP contribution in [0, 0.1) is 11.8 Å². The first-order chi connectivity index (χ1) is 15.1. The average Bonchev–Trinajstić information content (AvgIpc) is 3.56. The molecule has 1 N–H and O–H groups in total. The third-order valence-electron chi connectivity index (χ3n) is 7.00. The quantitative estimate of drug-likeness (QED) is 0.795. The topological polar surface area (TPSA) is 52.7 Å². The fraction of sp³-hybridized carbons (Fsp3) is 0.462. The molecule has 0 atom stereocenters. The van der Waals surface area contributed by atoms with Crippen LogP contribution in [-0.2, 0) is 17.8 Å². The molecule has 0 spiro atoms. The minimum absolute atomic E-state index is 0.0633. The van der Waals surface area contributed by atoms with Crippen molar-refractivity contribution in [1.82, 2.24) is 5.32 Å². The van der Waals surface area contributed by atoms with E-state index in [-0.39, 0.29) is 17.7 Å². The molecule has 3 aliphatic rings. The van der Waals surface area contributed by atoms with Crippen LogP contribution in [0.2, 0.25) is 0 Å². The van der Waals surface area contributed by atoms with E-state index in [0.29, 0.717) is 18.7 Å². The second-order valence-corrected chi connectivity index (χ2v) is 9.34. The van der Waals surface area contributed by atoms with Crippen LogP contribution < -0.4 is 15.1 Å². The van der Waals surface area contributed by atoms with Crippen molar-refractivity contribution in [2.75, 3.05) is 29.4 Å². The number of amides is 2. The summed E-state index contributed by atoms with van der Waals surface area (Å²) in [6, 6.07) is 14.3. The van der Waals surface area contributed by atoms with Gasteiger partial charge in [-0.3, -0.25) is 9.59 Å². The second-order valence-electron chi connectivity index (χ2n) is 9.34. The van der Waals surface area contributed by atoms with E-state index in [9.17, 15) is 9.59 Å². The van der Waals surface area contributed by atoms with E-state index in [1.807, 2.05) is 23.1 Å². The van der Waals surface area contributed by atoms with Crippen LogP contribution in [-0.4, -0.2) is 31.4 Å². The van der Waals surface area contributed by atoms with E-state index < -0.39 is 0 Å². The molecule has 31 heavy (non-hydrogen) atoms. The summed E-state index contributed by atoms with van der Waals surface area (Å²) in [5.74, 6) is 1.18. The highest BCUT2D eigenvalue weighted by Crippen LogP contribution is 2.37. The molecule has 2 aromatic carbocycles. The Morgan fingerprint density at radius 1 is 0.968 bits per heavy atom. The van der Waals surface area contributed by atoms with E-state index in [4.69, 9.17) is 0 Å². The van der Waals surface area contributed by atoms with Gasteiger partial charge in [0.1, 0.15) is 0 Å². The van der Waals surface area contributed by atoms with Crippen molar-refractivity contribution in [2.24, 2.45) is 11.8 Å². The Morgan fingerprint density at radius 3 is 2.42 bits per heavy atom. The average molecular weight is 418 g/mol. The Hall–Kier alpha value is -2.82. The van der Waals surface area contributed by atoms with Gasteiger partial charge in [0.05, 0.1) is 0 Å². The number of nitrogens with one attached hydrogen (secondary N) is 1. The molecule has 0 unspecified atom stereocenters. The third kappa shape index (κ3) is 4.18. The molecule has 2 fully saturated rings. The summed E-state index contributed by atoms with van der Waals surface area (Å²) >= 11 is 0. The van der Waals surface area contributed by atoms with Crippen molar-refractivity contribution in [3.05, 3.63) is 59.2 Å². The first-order valence-corrected chi connectivity index (χ1v) is 11.7. The predicted molar refractivity (Wildman–Crippen MR) is 123 cm³/mol. The zero-order chi connectivity index (χ0) is 21.4. The number of piperidine rings is 1. The lowest BCUT2D eigenvalue weighted by atomic mass is 9.98. The fourth-order valence-corrected chi connectivity index (χ4v) is 4.80. The minimum atomic E-state index is -0.0633. The number of hydrogen-bond donors (Lipinski definition) is 1. The number of rotatable bonds is 5. The molecule has 2 heterocycles. The van der Waals surface area contributed by atoms with Gasteiger partial charge in [0, 0.05) is 49.0 Å². The first kappa shape index (κ1) is 20.1. The fourth-order valence-electron chi connectivity index (χ4n) is 4.80. The summed E-state index contributed by atoms with van der Waals surface area (Å²) in [5.41, 5.74) is 4.99. The Labute approximate surface area is 184 Å². The molecule has 0 bridgehead atoms. The van der Waals surface area contributed by atoms with E-state index in [1.165, 1.54) is 18.5 Å². The maximum Gasteiger partial charge on any atom is 0.251 e. The van der Waals surface area contributed by atoms with Crippen molar-refractivity contribution in [2.45, 2.75) is 45.6 Å². The molecule has 5 heteroatoms. The molecule has 2 aliphatic heterocycles. The van der Waals surface area contributed by atoms with Crippen molar-refractivity contribution in [3.63, 3.8) is 0 Å². The maximum atomic E-state index is 12.9. The van der Waals surface area contributed by atoms with Crippen molar-refractivity contribution < 1.29 is 9.59 Å². The largest absolute Gasteiger partial charge is 0.372 e. The number of hydrogen-bond acceptors (Lipinski definition) is 3. The molecule has 1 saturated heterocycles. The van der Waals surface area contributed by atoms with Crippen molar-refractivity contribution in [1.29, 1.82) is 0 Å². The van der Waals surface area contributed by atoms with Gasteiger partial charge in [-0.2, -0.15) is 0 Å². The molecular weight excluding hydrogens is 386 g/mol. The highest BCUT2D eigenvalue weighted by Gasteiger charge is 2.37. The van der Waals surface area contributed by atoms with Gasteiger partial charge in [0.2, 0.25) is 5.91 Å². The summed E-state index contributed by atoms with van der Waals surface area (Å²) in [6.45, 7) is 5.76. The Kier molecular flexibility index (Phi) is 5.43. The van der Waals surface area contributed by atoms with Gasteiger partial charge in [0.15, 0.2) is 0 Å². The van der Waals surface area contributed by atoms with Crippen LogP contribution in [0.5, 0.6) is 0 Å². The summed E-state index contributed by atoms with van der Waals surface area (Å²) < 4.78 is 0. The van der Waals surface area contributed by atoms with Gasteiger partial charge in [0.25, 0.3) is 5.91 Å². The summed E-state index contributed by atoms with van der Waals surface area (Å²) in [4.78, 5) is 29.8. The van der Waals surface area contributed by atoms with Crippen LogP contribution in [0.1, 0.15) is 54.1 Å². The zero-order valence-electron chi connectivity index (χ0n) is 18.3. The SMILES string of the molecule is CC1CCN(c2ccc(CNC(=O)c3cccc4c3CCN4C(=O)C3CC3)cc2)CC1. The lowest BCUT2D eigenvalue weighted by Crippen LogP contribution is -2.32. The summed E-state index contributed by atoms with van der Waals surface area (Å²) in [7, 11) is 0. The number of nitrogens with zero attached hydrogens (tertiary/aromatic N) is 2. The molecule has 1 saturated carbocycles. The highest BCUT2D eigenvalue weighted by atomic mass is 16.2. The van der Waals surface area contributed by atoms with Gasteiger partial charge in [-0.15, -0.1) is 0 Å². The zero-order valence-corrected chi connectivity index (χ0v) is 18.3. The first-order valence-electron chi connectivity index (χ1n) is 11.7. The minimum Gasteiger partial charge on any atom is -0.372 e. The molecular formula is C26H31N3O2. The molecule has 2 aromatic rings. The van der Waals surface area contributed by atoms with E-state index in [2.05, 4.69) is 41.4 Å². The molecule has 1 aliphatic carbocycles. The monoisotopic (exact) mass is 417 g/mol. The number of benzene rings is 2. The van der Waals surface area contributed by atoms with Crippen LogP contribution in [0.15, 0.2) is 42.5 Å². The van der Waals surface area contributed by atoms with Crippen molar-refractivity contribution >= 4 is 23.2 Å². The molecule has 5 rings (SSSR count). The van der Waals surface area contributed by atoms with E-state index in [0.717, 1.165) is 55.1 Å². The Morgan fingerprint density at radius 2 is 1.71 bits per heavy atom. The van der Waals surface area contributed by atoms with Gasteiger partial charge in [-0.05, 0) is 73.4 Å². The van der Waals surface area contributed by atoms with Crippen LogP contribution in [0.4, 0.5) is 11.4 Å². The predicted octanol–water partition coefficient (Wildman–Crippen LogP) is 4.15. The Bertz CT molecular complexity index is 973. The molecule has 0 aromatic heterocycles. The molecule has 5 nitrogen and oxygen atoms in total.